The highest BCUT2D eigenvalue weighted by Crippen LogP contribution is 2.37. The van der Waals surface area contributed by atoms with E-state index in [9.17, 15) is 0 Å². The van der Waals surface area contributed by atoms with Gasteiger partial charge in [-0.25, -0.2) is 14.8 Å². The van der Waals surface area contributed by atoms with Crippen molar-refractivity contribution >= 4 is 52.0 Å². The Morgan fingerprint density at radius 2 is 1.85 bits per heavy atom. The number of anilines is 4. The van der Waals surface area contributed by atoms with Crippen LogP contribution in [0.4, 0.5) is 28.8 Å². The zero-order valence-corrected chi connectivity index (χ0v) is 20.2. The fourth-order valence-corrected chi connectivity index (χ4v) is 4.09. The summed E-state index contributed by atoms with van der Waals surface area (Å²) in [6.07, 6.45) is 4.00. The molecule has 4 rings (SSSR count). The molecule has 3 aromatic rings. The van der Waals surface area contributed by atoms with E-state index in [0.717, 1.165) is 31.1 Å². The van der Waals surface area contributed by atoms with Crippen LogP contribution in [0.2, 0.25) is 10.0 Å². The summed E-state index contributed by atoms with van der Waals surface area (Å²) < 4.78 is 11.1. The highest BCUT2D eigenvalue weighted by molar-refractivity contribution is 6.37. The third kappa shape index (κ3) is 6.00. The summed E-state index contributed by atoms with van der Waals surface area (Å²) in [7, 11) is 1.51. The molecule has 0 aliphatic carbocycles. The van der Waals surface area contributed by atoms with E-state index in [-0.39, 0.29) is 5.69 Å². The second kappa shape index (κ2) is 11.3. The molecule has 1 fully saturated rings. The molecule has 0 bridgehead atoms. The van der Waals surface area contributed by atoms with Gasteiger partial charge in [-0.15, -0.1) is 0 Å². The van der Waals surface area contributed by atoms with E-state index in [2.05, 4.69) is 30.3 Å². The van der Waals surface area contributed by atoms with Gasteiger partial charge >= 0.3 is 0 Å². The average Bonchev–Trinajstić information content (AvgIpc) is 3.36. The van der Waals surface area contributed by atoms with Crippen molar-refractivity contribution in [1.29, 1.82) is 0 Å². The standard InChI is InChI=1S/C24H24Cl2N6O2/c1-27-21-15-28-24(31-23(21)30-20-14-22(33-2)19(26)13-18(20)25)29-16-5-7-17(8-6-16)34-12-11-32-9-3-4-10-32/h5-8,13-15H,3-4,9-12H2,2H3,(H2,28,29,30,31). The van der Waals surface area contributed by atoms with Crippen molar-refractivity contribution in [3.8, 4) is 11.5 Å². The molecule has 10 heteroatoms. The monoisotopic (exact) mass is 498 g/mol. The Kier molecular flexibility index (Phi) is 7.91. The maximum absolute atomic E-state index is 7.43. The number of benzene rings is 2. The molecule has 0 amide bonds. The van der Waals surface area contributed by atoms with E-state index in [4.69, 9.17) is 39.2 Å². The summed E-state index contributed by atoms with van der Waals surface area (Å²) >= 11 is 12.4. The van der Waals surface area contributed by atoms with Gasteiger partial charge in [0.15, 0.2) is 0 Å². The second-order valence-electron chi connectivity index (χ2n) is 7.68. The van der Waals surface area contributed by atoms with Gasteiger partial charge < -0.3 is 20.1 Å². The molecule has 1 aliphatic heterocycles. The minimum Gasteiger partial charge on any atom is -0.495 e. The van der Waals surface area contributed by atoms with E-state index in [1.165, 1.54) is 26.1 Å². The Morgan fingerprint density at radius 1 is 1.09 bits per heavy atom. The molecule has 1 saturated heterocycles. The number of nitrogens with one attached hydrogen (secondary N) is 2. The van der Waals surface area contributed by atoms with E-state index >= 15 is 0 Å². The van der Waals surface area contributed by atoms with Crippen LogP contribution in [-0.2, 0) is 0 Å². The van der Waals surface area contributed by atoms with Crippen LogP contribution < -0.4 is 20.1 Å². The minimum atomic E-state index is 0.247. The van der Waals surface area contributed by atoms with Crippen molar-refractivity contribution in [2.75, 3.05) is 44.0 Å². The van der Waals surface area contributed by atoms with Gasteiger partial charge in [-0.2, -0.15) is 0 Å². The van der Waals surface area contributed by atoms with Crippen LogP contribution in [0.1, 0.15) is 12.8 Å². The first-order valence-corrected chi connectivity index (χ1v) is 11.6. The summed E-state index contributed by atoms with van der Waals surface area (Å²) in [5, 5.41) is 6.98. The molecular formula is C24H24Cl2N6O2. The largest absolute Gasteiger partial charge is 0.495 e. The van der Waals surface area contributed by atoms with Crippen molar-refractivity contribution in [3.05, 3.63) is 64.1 Å². The highest BCUT2D eigenvalue weighted by atomic mass is 35.5. The number of nitrogens with zero attached hydrogens (tertiary/aromatic N) is 4. The zero-order chi connectivity index (χ0) is 23.9. The maximum Gasteiger partial charge on any atom is 0.246 e. The quantitative estimate of drug-likeness (QED) is 0.335. The van der Waals surface area contributed by atoms with Gasteiger partial charge in [0.2, 0.25) is 11.6 Å². The van der Waals surface area contributed by atoms with Gasteiger partial charge in [0, 0.05) is 24.5 Å². The number of ether oxygens (including phenoxy) is 2. The third-order valence-corrected chi connectivity index (χ3v) is 5.98. The van der Waals surface area contributed by atoms with Crippen LogP contribution in [0.25, 0.3) is 4.85 Å². The van der Waals surface area contributed by atoms with Gasteiger partial charge in [-0.05, 0) is 56.3 Å². The number of rotatable bonds is 9. The lowest BCUT2D eigenvalue weighted by Gasteiger charge is -2.15. The fraction of sp³-hybridized carbons (Fsp3) is 0.292. The molecule has 2 N–H and O–H groups in total. The molecule has 0 unspecified atom stereocenters. The number of hydrogen-bond acceptors (Lipinski definition) is 7. The Labute approximate surface area is 208 Å². The molecule has 0 atom stereocenters. The van der Waals surface area contributed by atoms with E-state index in [0.29, 0.717) is 39.9 Å². The Morgan fingerprint density at radius 3 is 2.56 bits per heavy atom. The van der Waals surface area contributed by atoms with Crippen LogP contribution in [0.3, 0.4) is 0 Å². The number of aromatic nitrogens is 2. The topological polar surface area (TPSA) is 75.9 Å². The first-order valence-electron chi connectivity index (χ1n) is 10.8. The fourth-order valence-electron chi connectivity index (χ4n) is 3.58. The smallest absolute Gasteiger partial charge is 0.246 e. The molecule has 1 aliphatic rings. The van der Waals surface area contributed by atoms with E-state index in [1.807, 2.05) is 24.3 Å². The number of methoxy groups -OCH3 is 1. The highest BCUT2D eigenvalue weighted by Gasteiger charge is 2.13. The molecule has 8 nitrogen and oxygen atoms in total. The van der Waals surface area contributed by atoms with Crippen LogP contribution >= 0.6 is 23.2 Å². The first-order chi connectivity index (χ1) is 16.6. The molecule has 1 aromatic heterocycles. The molecular weight excluding hydrogens is 475 g/mol. The lowest BCUT2D eigenvalue weighted by molar-refractivity contribution is 0.238. The van der Waals surface area contributed by atoms with Gasteiger partial charge in [0.1, 0.15) is 23.9 Å². The summed E-state index contributed by atoms with van der Waals surface area (Å²) in [4.78, 5) is 14.6. The molecule has 0 radical (unpaired) electrons. The normalized spacial score (nSPS) is 13.4. The van der Waals surface area contributed by atoms with Crippen molar-refractivity contribution in [1.82, 2.24) is 14.9 Å². The van der Waals surface area contributed by atoms with Crippen molar-refractivity contribution in [2.24, 2.45) is 0 Å². The van der Waals surface area contributed by atoms with Crippen molar-refractivity contribution < 1.29 is 9.47 Å². The molecule has 2 heterocycles. The Bertz CT molecular complexity index is 1180. The lowest BCUT2D eigenvalue weighted by atomic mass is 10.3. The summed E-state index contributed by atoms with van der Waals surface area (Å²) in [5.74, 6) is 1.89. The summed E-state index contributed by atoms with van der Waals surface area (Å²) in [6, 6.07) is 10.8. The lowest BCUT2D eigenvalue weighted by Crippen LogP contribution is -2.25. The number of likely N-dealkylation sites (tertiary alicyclic amines) is 1. The Balaban J connectivity index is 1.43. The SMILES string of the molecule is [C-]#[N+]c1cnc(Nc2ccc(OCCN3CCCC3)cc2)nc1Nc1cc(OC)c(Cl)cc1Cl. The predicted molar refractivity (Wildman–Crippen MR) is 135 cm³/mol. The minimum absolute atomic E-state index is 0.247. The predicted octanol–water partition coefficient (Wildman–Crippen LogP) is 6.30. The van der Waals surface area contributed by atoms with Gasteiger partial charge in [-0.3, -0.25) is 4.90 Å². The summed E-state index contributed by atoms with van der Waals surface area (Å²) in [5.41, 5.74) is 1.55. The molecule has 34 heavy (non-hydrogen) atoms. The second-order valence-corrected chi connectivity index (χ2v) is 8.49. The molecule has 0 saturated carbocycles. The molecule has 176 valence electrons. The summed E-state index contributed by atoms with van der Waals surface area (Å²) in [6.45, 7) is 11.4. The van der Waals surface area contributed by atoms with Crippen molar-refractivity contribution in [2.45, 2.75) is 12.8 Å². The van der Waals surface area contributed by atoms with Gasteiger partial charge in [-0.1, -0.05) is 23.2 Å². The van der Waals surface area contributed by atoms with Gasteiger partial charge in [0.05, 0.1) is 29.4 Å². The number of halogens is 2. The zero-order valence-electron chi connectivity index (χ0n) is 18.6. The van der Waals surface area contributed by atoms with Crippen molar-refractivity contribution in [3.63, 3.8) is 0 Å². The van der Waals surface area contributed by atoms with Gasteiger partial charge in [0.25, 0.3) is 0 Å². The van der Waals surface area contributed by atoms with E-state index in [1.54, 1.807) is 12.1 Å². The van der Waals surface area contributed by atoms with Crippen LogP contribution in [0.5, 0.6) is 11.5 Å². The maximum atomic E-state index is 7.43. The van der Waals surface area contributed by atoms with Crippen LogP contribution in [0, 0.1) is 6.57 Å². The molecule has 2 aromatic carbocycles. The van der Waals surface area contributed by atoms with Crippen LogP contribution in [0.15, 0.2) is 42.6 Å². The third-order valence-electron chi connectivity index (χ3n) is 5.37. The first kappa shape index (κ1) is 23.9. The molecule has 0 spiro atoms. The average molecular weight is 499 g/mol. The van der Waals surface area contributed by atoms with Crippen LogP contribution in [-0.4, -0.2) is 48.2 Å². The van der Waals surface area contributed by atoms with E-state index < -0.39 is 0 Å². The Hall–Kier alpha value is -3.25. The number of hydrogen-bond donors (Lipinski definition) is 2.